The minimum Gasteiger partial charge on any atom is -0.355 e. The van der Waals surface area contributed by atoms with Gasteiger partial charge in [-0.1, -0.05) is 159 Å². The van der Waals surface area contributed by atoms with Gasteiger partial charge in [-0.2, -0.15) is 0 Å². The lowest BCUT2D eigenvalue weighted by atomic mass is 9.90. The average Bonchev–Trinajstić information content (AvgIpc) is 1.59. The van der Waals surface area contributed by atoms with Gasteiger partial charge in [0.2, 0.25) is 0 Å². The summed E-state index contributed by atoms with van der Waals surface area (Å²) >= 11 is 0. The van der Waals surface area contributed by atoms with Crippen molar-refractivity contribution in [2.24, 2.45) is 0 Å². The summed E-state index contributed by atoms with van der Waals surface area (Å²) < 4.78 is 0. The van der Waals surface area contributed by atoms with E-state index in [0.29, 0.717) is 12.0 Å². The lowest BCUT2D eigenvalue weighted by Gasteiger charge is -2.13. The fraction of sp³-hybridized carbons (Fsp3) is 0.363. The second-order valence-corrected chi connectivity index (χ2v) is 27.5. The first-order chi connectivity index (χ1) is 49.2. The number of fused-ring (bicyclic) bond motifs is 16. The van der Waals surface area contributed by atoms with Gasteiger partial charge < -0.3 is 19.9 Å². The number of benzene rings is 2. The number of hydrogen-bond donors (Lipinski definition) is 4. The topological polar surface area (TPSA) is 149 Å². The SMILES string of the molecule is CCC1=C(CC)c2cc3[nH]c(c(CC)c3CC)c(-c3ccc(-c4c5nc(cc6[nH]c(c(CC)c6CC)c(-c6ccc(CC7=CC(=O)C=CC7=O)cc6)c6nc(cc7[nH]c4c(CC)c7CC)C(CC)=C6CC)C(CC)=C5CC)cc3)c3nc(cc4[nH]c(cc1n2)c(CC)c4CC)C(CC)=C3CC. The zero-order chi connectivity index (χ0) is 71.2. The quantitative estimate of drug-likeness (QED) is 0.0527. The normalized spacial score (nSPS) is 14.1. The summed E-state index contributed by atoms with van der Waals surface area (Å²) in [6.45, 7) is 36.7. The molecule has 2 aromatic carbocycles. The molecule has 0 saturated carbocycles. The number of nitrogens with one attached hydrogen (secondary N) is 4. The van der Waals surface area contributed by atoms with Crippen LogP contribution in [0.5, 0.6) is 0 Å². The number of carbonyl (C=O) groups excluding carboxylic acids is 2. The number of H-pyrrole nitrogens is 4. The summed E-state index contributed by atoms with van der Waals surface area (Å²) in [7, 11) is 0. The molecule has 0 radical (unpaired) electrons. The Morgan fingerprint density at radius 2 is 0.554 bits per heavy atom. The van der Waals surface area contributed by atoms with Crippen LogP contribution in [0.4, 0.5) is 0 Å². The van der Waals surface area contributed by atoms with Gasteiger partial charge in [0.25, 0.3) is 0 Å². The number of hydrogen-bond acceptors (Lipinski definition) is 6. The Kier molecular flexibility index (Phi) is 20.2. The Morgan fingerprint density at radius 1 is 0.287 bits per heavy atom. The molecule has 10 heterocycles. The number of carbonyl (C=O) groups is 2. The minimum absolute atomic E-state index is 0.121. The molecule has 101 heavy (non-hydrogen) atoms. The predicted octanol–water partition coefficient (Wildman–Crippen LogP) is 23.5. The van der Waals surface area contributed by atoms with Crippen LogP contribution in [0.1, 0.15) is 258 Å². The van der Waals surface area contributed by atoms with Crippen molar-refractivity contribution >= 4 is 100 Å². The van der Waals surface area contributed by atoms with Crippen LogP contribution in [0.25, 0.3) is 122 Å². The molecule has 16 bridgehead atoms. The number of aromatic nitrogens is 8. The van der Waals surface area contributed by atoms with Gasteiger partial charge in [0.05, 0.1) is 62.1 Å². The van der Waals surface area contributed by atoms with Crippen molar-refractivity contribution in [3.8, 4) is 33.4 Å². The van der Waals surface area contributed by atoms with Crippen LogP contribution in [0.2, 0.25) is 0 Å². The first kappa shape index (κ1) is 69.9. The zero-order valence-corrected chi connectivity index (χ0v) is 62.9. The van der Waals surface area contributed by atoms with Gasteiger partial charge in [-0.15, -0.1) is 0 Å². The van der Waals surface area contributed by atoms with Gasteiger partial charge in [0.1, 0.15) is 0 Å². The van der Waals surface area contributed by atoms with Crippen molar-refractivity contribution in [1.29, 1.82) is 0 Å². The van der Waals surface area contributed by atoms with Crippen molar-refractivity contribution in [1.82, 2.24) is 39.9 Å². The van der Waals surface area contributed by atoms with E-state index in [9.17, 15) is 9.59 Å². The van der Waals surface area contributed by atoms with E-state index in [1.165, 1.54) is 107 Å². The molecule has 10 nitrogen and oxygen atoms in total. The summed E-state index contributed by atoms with van der Waals surface area (Å²) in [6.07, 6.45) is 18.1. The molecular formula is C91H102N8O2. The molecular weight excluding hydrogens is 1240 g/mol. The van der Waals surface area contributed by atoms with Crippen molar-refractivity contribution in [2.45, 2.75) is 220 Å². The van der Waals surface area contributed by atoms with Gasteiger partial charge in [0.15, 0.2) is 11.6 Å². The van der Waals surface area contributed by atoms with Crippen molar-refractivity contribution < 1.29 is 9.59 Å². The molecule has 4 aliphatic heterocycles. The van der Waals surface area contributed by atoms with E-state index < -0.39 is 0 Å². The summed E-state index contributed by atoms with van der Waals surface area (Å²) in [5, 5.41) is 0. The van der Waals surface area contributed by atoms with Crippen LogP contribution in [0.15, 0.2) is 103 Å². The number of aromatic amines is 4. The van der Waals surface area contributed by atoms with Crippen LogP contribution < -0.4 is 0 Å². The first-order valence-electron chi connectivity index (χ1n) is 38.4. The second-order valence-electron chi connectivity index (χ2n) is 27.5. The molecule has 0 spiro atoms. The van der Waals surface area contributed by atoms with E-state index in [4.69, 9.17) is 19.9 Å². The summed E-state index contributed by atoms with van der Waals surface area (Å²) in [6, 6.07) is 29.9. The summed E-state index contributed by atoms with van der Waals surface area (Å²) in [5.74, 6) is -0.276. The second kappa shape index (κ2) is 29.2. The molecule has 6 aromatic heterocycles. The Bertz CT molecular complexity index is 5280. The summed E-state index contributed by atoms with van der Waals surface area (Å²) in [4.78, 5) is 65.3. The maximum atomic E-state index is 13.0. The molecule has 0 atom stereocenters. The van der Waals surface area contributed by atoms with Crippen molar-refractivity contribution in [3.63, 3.8) is 0 Å². The van der Waals surface area contributed by atoms with Crippen LogP contribution in [0, 0.1) is 0 Å². The molecule has 5 aliphatic rings. The van der Waals surface area contributed by atoms with Gasteiger partial charge in [-0.25, -0.2) is 19.9 Å². The van der Waals surface area contributed by atoms with E-state index in [0.717, 1.165) is 231 Å². The number of ketones is 2. The van der Waals surface area contributed by atoms with Gasteiger partial charge >= 0.3 is 0 Å². The molecule has 1 aliphatic carbocycles. The highest BCUT2D eigenvalue weighted by Crippen LogP contribution is 2.49. The molecule has 13 rings (SSSR count). The monoisotopic (exact) mass is 1340 g/mol. The van der Waals surface area contributed by atoms with E-state index in [-0.39, 0.29) is 11.6 Å². The zero-order valence-electron chi connectivity index (χ0n) is 62.9. The third-order valence-electron chi connectivity index (χ3n) is 22.5. The largest absolute Gasteiger partial charge is 0.355 e. The fourth-order valence-electron chi connectivity index (χ4n) is 17.8. The highest BCUT2D eigenvalue weighted by molar-refractivity contribution is 6.17. The first-order valence-corrected chi connectivity index (χ1v) is 38.4. The van der Waals surface area contributed by atoms with Crippen LogP contribution in [0.3, 0.4) is 0 Å². The van der Waals surface area contributed by atoms with Gasteiger partial charge in [-0.05, 0) is 263 Å². The van der Waals surface area contributed by atoms with E-state index in [1.807, 2.05) is 0 Å². The third-order valence-corrected chi connectivity index (χ3v) is 22.5. The molecule has 0 fully saturated rings. The van der Waals surface area contributed by atoms with Crippen LogP contribution >= 0.6 is 0 Å². The Morgan fingerprint density at radius 3 is 0.851 bits per heavy atom. The molecule has 0 unspecified atom stereocenters. The third kappa shape index (κ3) is 11.9. The highest BCUT2D eigenvalue weighted by atomic mass is 16.1. The molecule has 8 aromatic rings. The number of aryl methyl sites for hydroxylation is 8. The number of allylic oxidation sites excluding steroid dienone is 12. The van der Waals surface area contributed by atoms with Crippen molar-refractivity contribution in [2.75, 3.05) is 0 Å². The van der Waals surface area contributed by atoms with E-state index in [1.54, 1.807) is 0 Å². The number of rotatable bonds is 21. The Balaban J connectivity index is 1.12. The smallest absolute Gasteiger partial charge is 0.182 e. The van der Waals surface area contributed by atoms with Gasteiger partial charge in [-0.3, -0.25) is 9.59 Å². The van der Waals surface area contributed by atoms with Crippen LogP contribution in [-0.4, -0.2) is 51.4 Å². The fourth-order valence-corrected chi connectivity index (χ4v) is 17.8. The Hall–Kier alpha value is -9.54. The average molecular weight is 1340 g/mol. The maximum absolute atomic E-state index is 13.0. The minimum atomic E-state index is -0.155. The van der Waals surface area contributed by atoms with Crippen LogP contribution in [-0.2, 0) is 67.4 Å². The van der Waals surface area contributed by atoms with E-state index in [2.05, 4.69) is 210 Å². The highest BCUT2D eigenvalue weighted by Gasteiger charge is 2.31. The maximum Gasteiger partial charge on any atom is 0.182 e. The Labute approximate surface area is 598 Å². The molecule has 4 N–H and O–H groups in total. The lowest BCUT2D eigenvalue weighted by Crippen LogP contribution is -2.09. The number of nitrogens with zero attached hydrogens (tertiary/aromatic N) is 4. The molecule has 10 heteroatoms. The van der Waals surface area contributed by atoms with Gasteiger partial charge in [0, 0.05) is 56.3 Å². The predicted molar refractivity (Wildman–Crippen MR) is 427 cm³/mol. The molecule has 0 amide bonds. The molecule has 518 valence electrons. The van der Waals surface area contributed by atoms with Crippen molar-refractivity contribution in [3.05, 3.63) is 198 Å². The molecule has 0 saturated heterocycles. The standard InChI is InChI=1S/C91H102N8O2/c1-17-56-58(19-3)74-46-76-60(21-5)66(27-11)88(94-76)84(89-67(28-12)61(22-6)77(95-89)47-75-59(20-4)57(18-2)73(93-75)45-72(56)92-74)52-37-39-53(40-38-52)85-90-70(31-15)64(25-9)80(98-90)48-78-62(23-7)68(29-13)86(96-78)83(51-35-33-50(34-36-51)43-54-44-55(100)41-42-82(54)101)87-69(30-14)63(24-8)79(97-87)49-81-65(26-10)71(32-16)91(85)99-81/h33-42,44-49,92,95-96,99H,17-32,43H2,1-16H3. The lowest BCUT2D eigenvalue weighted by molar-refractivity contribution is -0.114. The summed E-state index contributed by atoms with van der Waals surface area (Å²) in [5.41, 5.74) is 45.8. The van der Waals surface area contributed by atoms with E-state index >= 15 is 0 Å².